The van der Waals surface area contributed by atoms with Crippen LogP contribution >= 0.6 is 0 Å². The Bertz CT molecular complexity index is 550. The summed E-state index contributed by atoms with van der Waals surface area (Å²) < 4.78 is 18.6. The number of ether oxygens (including phenoxy) is 1. The molecule has 1 aromatic carbocycles. The van der Waals surface area contributed by atoms with E-state index in [1.807, 2.05) is 27.7 Å². The van der Waals surface area contributed by atoms with Gasteiger partial charge in [-0.15, -0.1) is 0 Å². The minimum atomic E-state index is -0.495. The van der Waals surface area contributed by atoms with Gasteiger partial charge in [0.05, 0.1) is 0 Å². The Morgan fingerprint density at radius 1 is 1.39 bits per heavy atom. The summed E-state index contributed by atoms with van der Waals surface area (Å²) in [5, 5.41) is 6.27. The lowest BCUT2D eigenvalue weighted by molar-refractivity contribution is 0.0521. The fraction of sp³-hybridized carbons (Fsp3) is 0.611. The van der Waals surface area contributed by atoms with Crippen LogP contribution in [0.5, 0.6) is 0 Å². The predicted octanol–water partition coefficient (Wildman–Crippen LogP) is 3.53. The third-order valence-corrected chi connectivity index (χ3v) is 3.92. The van der Waals surface area contributed by atoms with Crippen LogP contribution in [0.15, 0.2) is 18.2 Å². The molecule has 23 heavy (non-hydrogen) atoms. The molecule has 1 atom stereocenters. The van der Waals surface area contributed by atoms with E-state index in [-0.39, 0.29) is 11.9 Å². The molecule has 1 aromatic rings. The number of carbonyl (C=O) groups excluding carboxylic acids is 1. The van der Waals surface area contributed by atoms with E-state index in [2.05, 4.69) is 10.6 Å². The molecule has 5 heteroatoms. The highest BCUT2D eigenvalue weighted by molar-refractivity contribution is 5.67. The Kier molecular flexibility index (Phi) is 5.63. The van der Waals surface area contributed by atoms with E-state index < -0.39 is 11.7 Å². The standard InChI is InChI=1S/C18H27FN2O2/c1-12-5-8-15(19)9-14(12)10-20-16(13-6-7-13)11-21-17(22)23-18(2,3)4/h5,8-9,13,16,20H,6-7,10-11H2,1-4H3,(H,21,22). The third kappa shape index (κ3) is 6.18. The number of benzene rings is 1. The molecule has 128 valence electrons. The Morgan fingerprint density at radius 2 is 2.09 bits per heavy atom. The highest BCUT2D eigenvalue weighted by Gasteiger charge is 2.31. The van der Waals surface area contributed by atoms with Crippen LogP contribution in [0.1, 0.15) is 44.7 Å². The summed E-state index contributed by atoms with van der Waals surface area (Å²) in [7, 11) is 0. The number of amides is 1. The first kappa shape index (κ1) is 17.7. The van der Waals surface area contributed by atoms with Crippen LogP contribution in [-0.2, 0) is 11.3 Å². The van der Waals surface area contributed by atoms with Gasteiger partial charge in [-0.1, -0.05) is 6.07 Å². The van der Waals surface area contributed by atoms with Crippen molar-refractivity contribution in [2.75, 3.05) is 6.54 Å². The van der Waals surface area contributed by atoms with E-state index in [1.165, 1.54) is 6.07 Å². The van der Waals surface area contributed by atoms with Crippen LogP contribution in [0, 0.1) is 18.7 Å². The average molecular weight is 322 g/mol. The zero-order valence-corrected chi connectivity index (χ0v) is 14.4. The molecule has 0 aliphatic heterocycles. The van der Waals surface area contributed by atoms with Crippen molar-refractivity contribution >= 4 is 6.09 Å². The second-order valence-corrected chi connectivity index (χ2v) is 7.28. The number of hydrogen-bond acceptors (Lipinski definition) is 3. The smallest absolute Gasteiger partial charge is 0.407 e. The van der Waals surface area contributed by atoms with E-state index in [0.717, 1.165) is 24.0 Å². The van der Waals surface area contributed by atoms with Gasteiger partial charge < -0.3 is 15.4 Å². The summed E-state index contributed by atoms with van der Waals surface area (Å²) in [6, 6.07) is 5.01. The van der Waals surface area contributed by atoms with Crippen molar-refractivity contribution in [3.63, 3.8) is 0 Å². The highest BCUT2D eigenvalue weighted by Crippen LogP contribution is 2.32. The number of nitrogens with one attached hydrogen (secondary N) is 2. The van der Waals surface area contributed by atoms with Crippen LogP contribution in [0.2, 0.25) is 0 Å². The topological polar surface area (TPSA) is 50.4 Å². The van der Waals surface area contributed by atoms with Crippen molar-refractivity contribution in [1.82, 2.24) is 10.6 Å². The Morgan fingerprint density at radius 3 is 2.70 bits per heavy atom. The van der Waals surface area contributed by atoms with Gasteiger partial charge in [-0.3, -0.25) is 0 Å². The van der Waals surface area contributed by atoms with E-state index >= 15 is 0 Å². The second kappa shape index (κ2) is 7.30. The van der Waals surface area contributed by atoms with Crippen molar-refractivity contribution in [2.24, 2.45) is 5.92 Å². The second-order valence-electron chi connectivity index (χ2n) is 7.28. The lowest BCUT2D eigenvalue weighted by Crippen LogP contribution is -2.43. The highest BCUT2D eigenvalue weighted by atomic mass is 19.1. The van der Waals surface area contributed by atoms with Gasteiger partial charge in [0.1, 0.15) is 11.4 Å². The first-order valence-electron chi connectivity index (χ1n) is 8.20. The Labute approximate surface area is 137 Å². The maximum absolute atomic E-state index is 13.4. The number of rotatable bonds is 6. The molecule has 1 unspecified atom stereocenters. The predicted molar refractivity (Wildman–Crippen MR) is 88.7 cm³/mol. The fourth-order valence-electron chi connectivity index (χ4n) is 2.48. The molecule has 2 rings (SSSR count). The summed E-state index contributed by atoms with van der Waals surface area (Å²) in [5.41, 5.74) is 1.52. The van der Waals surface area contributed by atoms with Crippen LogP contribution in [0.25, 0.3) is 0 Å². The van der Waals surface area contributed by atoms with Crippen molar-refractivity contribution in [1.29, 1.82) is 0 Å². The van der Waals surface area contributed by atoms with Gasteiger partial charge in [-0.05, 0) is 69.7 Å². The fourth-order valence-corrected chi connectivity index (χ4v) is 2.48. The number of carbonyl (C=O) groups is 1. The van der Waals surface area contributed by atoms with Crippen LogP contribution in [0.3, 0.4) is 0 Å². The van der Waals surface area contributed by atoms with Crippen LogP contribution < -0.4 is 10.6 Å². The van der Waals surface area contributed by atoms with Crippen LogP contribution in [0.4, 0.5) is 9.18 Å². The molecular formula is C18H27FN2O2. The van der Waals surface area contributed by atoms with Gasteiger partial charge in [-0.2, -0.15) is 0 Å². The summed E-state index contributed by atoms with van der Waals surface area (Å²) in [6.07, 6.45) is 1.93. The van der Waals surface area contributed by atoms with Gasteiger partial charge in [0.2, 0.25) is 0 Å². The monoisotopic (exact) mass is 322 g/mol. The summed E-state index contributed by atoms with van der Waals surface area (Å²) >= 11 is 0. The minimum absolute atomic E-state index is 0.185. The first-order valence-corrected chi connectivity index (χ1v) is 8.20. The quantitative estimate of drug-likeness (QED) is 0.842. The molecule has 0 heterocycles. The summed E-state index contributed by atoms with van der Waals surface area (Å²) in [6.45, 7) is 8.62. The van der Waals surface area contributed by atoms with E-state index in [4.69, 9.17) is 4.74 Å². The lowest BCUT2D eigenvalue weighted by atomic mass is 10.1. The third-order valence-electron chi connectivity index (χ3n) is 3.92. The molecule has 2 N–H and O–H groups in total. The van der Waals surface area contributed by atoms with Crippen molar-refractivity contribution in [3.05, 3.63) is 35.1 Å². The zero-order chi connectivity index (χ0) is 17.0. The molecule has 0 saturated heterocycles. The normalized spacial score (nSPS) is 16.0. The van der Waals surface area contributed by atoms with Crippen molar-refractivity contribution in [3.8, 4) is 0 Å². The molecule has 1 aliphatic carbocycles. The zero-order valence-electron chi connectivity index (χ0n) is 14.4. The van der Waals surface area contributed by atoms with E-state index in [0.29, 0.717) is 19.0 Å². The Balaban J connectivity index is 1.85. The largest absolute Gasteiger partial charge is 0.444 e. The minimum Gasteiger partial charge on any atom is -0.444 e. The molecule has 1 fully saturated rings. The number of alkyl carbamates (subject to hydrolysis) is 1. The lowest BCUT2D eigenvalue weighted by Gasteiger charge is -2.23. The summed E-state index contributed by atoms with van der Waals surface area (Å²) in [5.74, 6) is 0.348. The first-order chi connectivity index (χ1) is 10.7. The van der Waals surface area contributed by atoms with Crippen LogP contribution in [-0.4, -0.2) is 24.3 Å². The molecule has 0 radical (unpaired) electrons. The van der Waals surface area contributed by atoms with E-state index in [9.17, 15) is 9.18 Å². The summed E-state index contributed by atoms with van der Waals surface area (Å²) in [4.78, 5) is 11.8. The van der Waals surface area contributed by atoms with Crippen molar-refractivity contribution < 1.29 is 13.9 Å². The molecular weight excluding hydrogens is 295 g/mol. The van der Waals surface area contributed by atoms with Gasteiger partial charge in [0.25, 0.3) is 0 Å². The molecule has 0 bridgehead atoms. The number of hydrogen-bond donors (Lipinski definition) is 2. The molecule has 0 spiro atoms. The molecule has 1 saturated carbocycles. The van der Waals surface area contributed by atoms with Gasteiger partial charge >= 0.3 is 6.09 Å². The molecule has 1 aliphatic rings. The number of halogens is 1. The maximum atomic E-state index is 13.4. The van der Waals surface area contributed by atoms with Gasteiger partial charge in [0.15, 0.2) is 0 Å². The molecule has 4 nitrogen and oxygen atoms in total. The average Bonchev–Trinajstić information content (AvgIpc) is 3.25. The molecule has 0 aromatic heterocycles. The van der Waals surface area contributed by atoms with Crippen molar-refractivity contribution in [2.45, 2.75) is 58.7 Å². The SMILES string of the molecule is Cc1ccc(F)cc1CNC(CNC(=O)OC(C)(C)C)C1CC1. The van der Waals surface area contributed by atoms with E-state index in [1.54, 1.807) is 12.1 Å². The molecule has 1 amide bonds. The van der Waals surface area contributed by atoms with Gasteiger partial charge in [0, 0.05) is 19.1 Å². The number of aryl methyl sites for hydroxylation is 1. The maximum Gasteiger partial charge on any atom is 0.407 e. The Hall–Kier alpha value is -1.62. The van der Waals surface area contributed by atoms with Gasteiger partial charge in [-0.25, -0.2) is 9.18 Å².